The summed E-state index contributed by atoms with van der Waals surface area (Å²) in [5.41, 5.74) is 1.42. The van der Waals surface area contributed by atoms with Crippen LogP contribution < -0.4 is 10.1 Å². The number of amides is 2. The van der Waals surface area contributed by atoms with E-state index in [0.29, 0.717) is 46.2 Å². The topological polar surface area (TPSA) is 58.6 Å². The van der Waals surface area contributed by atoms with Gasteiger partial charge < -0.3 is 15.0 Å². The summed E-state index contributed by atoms with van der Waals surface area (Å²) in [5.74, 6) is 0.786. The van der Waals surface area contributed by atoms with Gasteiger partial charge in [0.1, 0.15) is 5.75 Å². The number of anilines is 1. The molecular formula is C26H30Cl2N2O3. The van der Waals surface area contributed by atoms with E-state index in [1.165, 1.54) is 31.7 Å². The molecule has 1 aliphatic heterocycles. The Morgan fingerprint density at radius 2 is 1.79 bits per heavy atom. The van der Waals surface area contributed by atoms with E-state index >= 15 is 0 Å². The Hall–Kier alpha value is -2.24. The van der Waals surface area contributed by atoms with E-state index in [2.05, 4.69) is 10.2 Å². The summed E-state index contributed by atoms with van der Waals surface area (Å²) in [7, 11) is 0. The summed E-state index contributed by atoms with van der Waals surface area (Å²) in [6, 6.07) is 10.3. The van der Waals surface area contributed by atoms with Crippen molar-refractivity contribution in [3.63, 3.8) is 0 Å². The molecule has 1 aliphatic carbocycles. The molecule has 1 N–H and O–H groups in total. The lowest BCUT2D eigenvalue weighted by Gasteiger charge is -2.44. The summed E-state index contributed by atoms with van der Waals surface area (Å²) in [6.45, 7) is 3.31. The second-order valence-electron chi connectivity index (χ2n) is 8.89. The number of ether oxygens (including phenoxy) is 1. The molecule has 33 heavy (non-hydrogen) atoms. The van der Waals surface area contributed by atoms with E-state index in [0.717, 1.165) is 25.8 Å². The highest BCUT2D eigenvalue weighted by molar-refractivity contribution is 6.37. The average Bonchev–Trinajstić information content (AvgIpc) is 2.82. The van der Waals surface area contributed by atoms with Gasteiger partial charge in [0.25, 0.3) is 11.8 Å². The third-order valence-electron chi connectivity index (χ3n) is 6.61. The van der Waals surface area contributed by atoms with Gasteiger partial charge in [-0.3, -0.25) is 9.59 Å². The molecule has 0 spiro atoms. The molecule has 2 aromatic rings. The first-order chi connectivity index (χ1) is 16.0. The van der Waals surface area contributed by atoms with Crippen LogP contribution in [0, 0.1) is 5.92 Å². The van der Waals surface area contributed by atoms with Crippen LogP contribution in [-0.4, -0.2) is 35.9 Å². The Labute approximate surface area is 205 Å². The number of hydrogen-bond donors (Lipinski definition) is 1. The summed E-state index contributed by atoms with van der Waals surface area (Å²) in [6.07, 6.45) is 7.82. The molecule has 4 rings (SSSR count). The minimum Gasteiger partial charge on any atom is -0.493 e. The molecular weight excluding hydrogens is 459 g/mol. The number of fused-ring (bicyclic) bond motifs is 1. The van der Waals surface area contributed by atoms with Gasteiger partial charge in [0.15, 0.2) is 0 Å². The molecule has 5 nitrogen and oxygen atoms in total. The smallest absolute Gasteiger partial charge is 0.257 e. The number of hydrogen-bond acceptors (Lipinski definition) is 3. The zero-order valence-electron chi connectivity index (χ0n) is 18.9. The van der Waals surface area contributed by atoms with Gasteiger partial charge in [0, 0.05) is 29.4 Å². The highest BCUT2D eigenvalue weighted by Gasteiger charge is 2.36. The average molecular weight is 489 g/mol. The second-order valence-corrected chi connectivity index (χ2v) is 9.73. The maximum Gasteiger partial charge on any atom is 0.257 e. The lowest BCUT2D eigenvalue weighted by Crippen LogP contribution is -2.49. The van der Waals surface area contributed by atoms with Crippen LogP contribution in [0.5, 0.6) is 5.75 Å². The van der Waals surface area contributed by atoms with Crippen molar-refractivity contribution in [2.45, 2.75) is 57.9 Å². The van der Waals surface area contributed by atoms with E-state index in [4.69, 9.17) is 27.9 Å². The van der Waals surface area contributed by atoms with E-state index in [1.54, 1.807) is 30.3 Å². The molecule has 1 saturated carbocycles. The predicted octanol–water partition coefficient (Wildman–Crippen LogP) is 6.83. The van der Waals surface area contributed by atoms with Crippen LogP contribution >= 0.6 is 23.2 Å². The number of piperidine rings is 1. The minimum atomic E-state index is -0.349. The number of carbonyl (C=O) groups is 2. The highest BCUT2D eigenvalue weighted by Crippen LogP contribution is 2.37. The first kappa shape index (κ1) is 23.9. The van der Waals surface area contributed by atoms with Gasteiger partial charge in [-0.05, 0) is 68.4 Å². The Kier molecular flexibility index (Phi) is 7.82. The molecule has 2 amide bonds. The van der Waals surface area contributed by atoms with Gasteiger partial charge in [-0.15, -0.1) is 0 Å². The molecule has 2 fully saturated rings. The van der Waals surface area contributed by atoms with Crippen LogP contribution in [0.4, 0.5) is 5.69 Å². The van der Waals surface area contributed by atoms with Crippen molar-refractivity contribution >= 4 is 40.7 Å². The molecule has 2 aliphatic rings. The van der Waals surface area contributed by atoms with Gasteiger partial charge in [0.05, 0.1) is 22.8 Å². The van der Waals surface area contributed by atoms with Gasteiger partial charge >= 0.3 is 0 Å². The van der Waals surface area contributed by atoms with Crippen molar-refractivity contribution in [2.75, 3.05) is 18.5 Å². The van der Waals surface area contributed by atoms with Gasteiger partial charge in [-0.2, -0.15) is 0 Å². The van der Waals surface area contributed by atoms with Crippen molar-refractivity contribution in [3.05, 3.63) is 57.6 Å². The molecule has 1 unspecified atom stereocenters. The largest absolute Gasteiger partial charge is 0.493 e. The first-order valence-electron chi connectivity index (χ1n) is 11.8. The van der Waals surface area contributed by atoms with Crippen LogP contribution in [0.1, 0.15) is 72.6 Å². The van der Waals surface area contributed by atoms with E-state index in [-0.39, 0.29) is 16.8 Å². The fraction of sp³-hybridized carbons (Fsp3) is 0.462. The predicted molar refractivity (Wildman–Crippen MR) is 133 cm³/mol. The number of likely N-dealkylation sites (tertiary alicyclic amines) is 1. The monoisotopic (exact) mass is 488 g/mol. The second kappa shape index (κ2) is 10.8. The standard InChI is InChI=1S/C26H30Cl2N2O3/c1-2-14-33-24-16-19(29-25(31)20-11-9-18(27)15-22(20)28)10-12-21(24)26(32)30-13-5-7-17-6-3-4-8-23(17)30/h9-12,15-17,23H,2-8,13-14H2,1H3,(H,29,31)/t17-,23?/m0/s1. The van der Waals surface area contributed by atoms with Crippen LogP contribution in [0.15, 0.2) is 36.4 Å². The van der Waals surface area contributed by atoms with Crippen molar-refractivity contribution in [1.29, 1.82) is 0 Å². The summed E-state index contributed by atoms with van der Waals surface area (Å²) in [5, 5.41) is 3.60. The normalized spacial score (nSPS) is 20.2. The zero-order valence-corrected chi connectivity index (χ0v) is 20.4. The number of halogens is 2. The molecule has 0 radical (unpaired) electrons. The summed E-state index contributed by atoms with van der Waals surface area (Å²) < 4.78 is 5.96. The van der Waals surface area contributed by atoms with Crippen molar-refractivity contribution < 1.29 is 14.3 Å². The molecule has 0 aromatic heterocycles. The molecule has 1 saturated heterocycles. The fourth-order valence-corrected chi connectivity index (χ4v) is 5.51. The third kappa shape index (κ3) is 5.47. The molecule has 176 valence electrons. The summed E-state index contributed by atoms with van der Waals surface area (Å²) >= 11 is 12.1. The van der Waals surface area contributed by atoms with Crippen molar-refractivity contribution in [3.8, 4) is 5.75 Å². The lowest BCUT2D eigenvalue weighted by molar-refractivity contribution is 0.0387. The maximum atomic E-state index is 13.6. The Bertz CT molecular complexity index is 1020. The van der Waals surface area contributed by atoms with E-state index < -0.39 is 0 Å². The Balaban J connectivity index is 1.57. The molecule has 2 aromatic carbocycles. The minimum absolute atomic E-state index is 0.0244. The molecule has 2 atom stereocenters. The number of nitrogens with zero attached hydrogens (tertiary/aromatic N) is 1. The van der Waals surface area contributed by atoms with E-state index in [1.807, 2.05) is 6.92 Å². The number of nitrogens with one attached hydrogen (secondary N) is 1. The van der Waals surface area contributed by atoms with Gasteiger partial charge in [-0.25, -0.2) is 0 Å². The first-order valence-corrected chi connectivity index (χ1v) is 12.6. The van der Waals surface area contributed by atoms with Gasteiger partial charge in [-0.1, -0.05) is 43.0 Å². The Morgan fingerprint density at radius 1 is 1.03 bits per heavy atom. The zero-order chi connectivity index (χ0) is 23.4. The molecule has 7 heteroatoms. The summed E-state index contributed by atoms with van der Waals surface area (Å²) in [4.78, 5) is 28.4. The molecule has 1 heterocycles. The van der Waals surface area contributed by atoms with Gasteiger partial charge in [0.2, 0.25) is 0 Å². The quantitative estimate of drug-likeness (QED) is 0.484. The van der Waals surface area contributed by atoms with E-state index in [9.17, 15) is 9.59 Å². The number of benzene rings is 2. The van der Waals surface area contributed by atoms with Crippen LogP contribution in [0.25, 0.3) is 0 Å². The SMILES string of the molecule is CCCOc1cc(NC(=O)c2ccc(Cl)cc2Cl)ccc1C(=O)N1CCC[C@@H]2CCCCC21. The molecule has 0 bridgehead atoms. The van der Waals surface area contributed by atoms with Crippen LogP contribution in [0.2, 0.25) is 10.0 Å². The third-order valence-corrected chi connectivity index (χ3v) is 7.16. The van der Waals surface area contributed by atoms with Crippen molar-refractivity contribution in [1.82, 2.24) is 4.90 Å². The fourth-order valence-electron chi connectivity index (χ4n) is 5.01. The number of rotatable bonds is 6. The highest BCUT2D eigenvalue weighted by atomic mass is 35.5. The van der Waals surface area contributed by atoms with Crippen molar-refractivity contribution in [2.24, 2.45) is 5.92 Å². The Morgan fingerprint density at radius 3 is 2.58 bits per heavy atom. The lowest BCUT2D eigenvalue weighted by atomic mass is 9.78. The number of carbonyl (C=O) groups excluding carboxylic acids is 2. The maximum absolute atomic E-state index is 13.6. The van der Waals surface area contributed by atoms with Crippen LogP contribution in [0.3, 0.4) is 0 Å². The van der Waals surface area contributed by atoms with Crippen LogP contribution in [-0.2, 0) is 0 Å².